The zero-order valence-electron chi connectivity index (χ0n) is 17.8. The zero-order valence-corrected chi connectivity index (χ0v) is 17.8. The van der Waals surface area contributed by atoms with Crippen LogP contribution in [-0.2, 0) is 4.79 Å². The van der Waals surface area contributed by atoms with Crippen LogP contribution >= 0.6 is 0 Å². The quantitative estimate of drug-likeness (QED) is 0.436. The molecule has 1 aliphatic heterocycles. The summed E-state index contributed by atoms with van der Waals surface area (Å²) in [5.74, 6) is 0.919. The van der Waals surface area contributed by atoms with Crippen LogP contribution in [0.15, 0.2) is 73.2 Å². The molecule has 0 radical (unpaired) electrons. The Morgan fingerprint density at radius 1 is 1.06 bits per heavy atom. The van der Waals surface area contributed by atoms with Crippen LogP contribution in [-0.4, -0.2) is 46.5 Å². The predicted molar refractivity (Wildman–Crippen MR) is 128 cm³/mol. The minimum atomic E-state index is -0.00329. The molecular formula is C25H26N6O. The van der Waals surface area contributed by atoms with Gasteiger partial charge in [0.1, 0.15) is 17.8 Å². The summed E-state index contributed by atoms with van der Waals surface area (Å²) >= 11 is 0. The average molecular weight is 427 g/mol. The van der Waals surface area contributed by atoms with Gasteiger partial charge in [0.2, 0.25) is 5.91 Å². The number of anilines is 2. The van der Waals surface area contributed by atoms with Crippen molar-refractivity contribution >= 4 is 28.4 Å². The van der Waals surface area contributed by atoms with E-state index < -0.39 is 0 Å². The molecule has 3 heterocycles. The molecule has 1 aliphatic rings. The third kappa shape index (κ3) is 4.42. The van der Waals surface area contributed by atoms with Crippen LogP contribution in [0.3, 0.4) is 0 Å². The Balaban J connectivity index is 1.18. The maximum atomic E-state index is 12.6. The lowest BCUT2D eigenvalue weighted by Crippen LogP contribution is -2.49. The summed E-state index contributed by atoms with van der Waals surface area (Å²) in [7, 11) is 0. The number of aromatic amines is 1. The summed E-state index contributed by atoms with van der Waals surface area (Å²) in [6.07, 6.45) is 5.44. The van der Waals surface area contributed by atoms with E-state index in [1.807, 2.05) is 42.6 Å². The maximum Gasteiger partial charge on any atom is 0.239 e. The summed E-state index contributed by atoms with van der Waals surface area (Å²) in [6, 6.07) is 20.5. The molecule has 2 aromatic carbocycles. The predicted octanol–water partition coefficient (Wildman–Crippen LogP) is 3.82. The molecule has 5 rings (SSSR count). The van der Waals surface area contributed by atoms with Gasteiger partial charge in [-0.05, 0) is 42.2 Å². The third-order valence-electron chi connectivity index (χ3n) is 5.84. The molecular weight excluding hydrogens is 400 g/mol. The highest BCUT2D eigenvalue weighted by Crippen LogP contribution is 2.25. The number of amides is 1. The van der Waals surface area contributed by atoms with Crippen LogP contribution in [0.2, 0.25) is 0 Å². The van der Waals surface area contributed by atoms with Crippen molar-refractivity contribution in [2.45, 2.75) is 18.9 Å². The summed E-state index contributed by atoms with van der Waals surface area (Å²) < 4.78 is 0. The first kappa shape index (κ1) is 20.1. The van der Waals surface area contributed by atoms with E-state index in [9.17, 15) is 4.79 Å². The van der Waals surface area contributed by atoms with Crippen LogP contribution in [0.4, 0.5) is 11.5 Å². The van der Waals surface area contributed by atoms with Crippen molar-refractivity contribution in [1.82, 2.24) is 20.3 Å². The van der Waals surface area contributed by atoms with Crippen LogP contribution in [0, 0.1) is 0 Å². The van der Waals surface area contributed by atoms with Crippen molar-refractivity contribution in [3.63, 3.8) is 0 Å². The number of piperidine rings is 1. The highest BCUT2D eigenvalue weighted by molar-refractivity contribution is 5.87. The van der Waals surface area contributed by atoms with Gasteiger partial charge in [-0.1, -0.05) is 42.5 Å². The fourth-order valence-corrected chi connectivity index (χ4v) is 4.30. The molecule has 1 atom stereocenters. The van der Waals surface area contributed by atoms with E-state index in [-0.39, 0.29) is 18.5 Å². The number of carbonyl (C=O) groups is 1. The van der Waals surface area contributed by atoms with Gasteiger partial charge in [-0.2, -0.15) is 0 Å². The Hall–Kier alpha value is -3.87. The Bertz CT molecular complexity index is 1210. The van der Waals surface area contributed by atoms with E-state index in [1.54, 1.807) is 6.33 Å². The maximum absolute atomic E-state index is 12.6. The molecule has 162 valence electrons. The van der Waals surface area contributed by atoms with Crippen LogP contribution < -0.4 is 15.5 Å². The summed E-state index contributed by atoms with van der Waals surface area (Å²) in [4.78, 5) is 26.8. The zero-order chi connectivity index (χ0) is 21.8. The van der Waals surface area contributed by atoms with Crippen molar-refractivity contribution in [2.75, 3.05) is 29.9 Å². The number of H-pyrrole nitrogens is 1. The van der Waals surface area contributed by atoms with Gasteiger partial charge in [-0.25, -0.2) is 9.97 Å². The lowest BCUT2D eigenvalue weighted by molar-refractivity contribution is -0.120. The Kier molecular flexibility index (Phi) is 5.70. The van der Waals surface area contributed by atoms with Crippen molar-refractivity contribution in [1.29, 1.82) is 0 Å². The van der Waals surface area contributed by atoms with E-state index in [1.165, 1.54) is 0 Å². The van der Waals surface area contributed by atoms with Crippen molar-refractivity contribution in [3.8, 4) is 11.1 Å². The second-order valence-electron chi connectivity index (χ2n) is 8.09. The van der Waals surface area contributed by atoms with Gasteiger partial charge in [0.05, 0.1) is 11.9 Å². The van der Waals surface area contributed by atoms with E-state index in [0.29, 0.717) is 0 Å². The van der Waals surface area contributed by atoms with E-state index in [2.05, 4.69) is 54.8 Å². The first-order chi connectivity index (χ1) is 15.8. The summed E-state index contributed by atoms with van der Waals surface area (Å²) in [6.45, 7) is 1.91. The second-order valence-corrected chi connectivity index (χ2v) is 8.09. The van der Waals surface area contributed by atoms with Gasteiger partial charge in [0.15, 0.2) is 0 Å². The number of aromatic nitrogens is 3. The largest absolute Gasteiger partial charge is 0.376 e. The fraction of sp³-hybridized carbons (Fsp3) is 0.240. The Labute approximate surface area is 186 Å². The minimum absolute atomic E-state index is 0.00329. The summed E-state index contributed by atoms with van der Waals surface area (Å²) in [5.41, 5.74) is 4.05. The second kappa shape index (κ2) is 9.09. The van der Waals surface area contributed by atoms with Gasteiger partial charge in [0, 0.05) is 31.0 Å². The number of carbonyl (C=O) groups excluding carboxylic acids is 1. The number of nitrogens with one attached hydrogen (secondary N) is 3. The molecule has 0 aliphatic carbocycles. The Morgan fingerprint density at radius 2 is 1.94 bits per heavy atom. The van der Waals surface area contributed by atoms with Crippen LogP contribution in [0.25, 0.3) is 22.2 Å². The van der Waals surface area contributed by atoms with E-state index in [4.69, 9.17) is 0 Å². The number of rotatable bonds is 6. The number of benzene rings is 2. The SMILES string of the molecule is O=C(CNc1cccc(-c2ccccc2)c1)NC1CCCN(c2ncnc3[nH]ccc23)C1. The minimum Gasteiger partial charge on any atom is -0.376 e. The molecule has 7 heteroatoms. The first-order valence-electron chi connectivity index (χ1n) is 11.0. The molecule has 1 saturated heterocycles. The Morgan fingerprint density at radius 3 is 2.84 bits per heavy atom. The number of fused-ring (bicyclic) bond motifs is 1. The molecule has 0 bridgehead atoms. The molecule has 1 unspecified atom stereocenters. The normalized spacial score (nSPS) is 16.1. The molecule has 0 spiro atoms. The highest BCUT2D eigenvalue weighted by atomic mass is 16.2. The van der Waals surface area contributed by atoms with Gasteiger partial charge in [-0.15, -0.1) is 0 Å². The highest BCUT2D eigenvalue weighted by Gasteiger charge is 2.23. The molecule has 32 heavy (non-hydrogen) atoms. The van der Waals surface area contributed by atoms with Gasteiger partial charge < -0.3 is 20.5 Å². The van der Waals surface area contributed by atoms with Gasteiger partial charge in [-0.3, -0.25) is 4.79 Å². The van der Waals surface area contributed by atoms with Gasteiger partial charge in [0.25, 0.3) is 0 Å². The van der Waals surface area contributed by atoms with Crippen molar-refractivity contribution in [2.24, 2.45) is 0 Å². The lowest BCUT2D eigenvalue weighted by atomic mass is 10.0. The average Bonchev–Trinajstić information content (AvgIpc) is 3.33. The first-order valence-corrected chi connectivity index (χ1v) is 11.0. The van der Waals surface area contributed by atoms with Gasteiger partial charge >= 0.3 is 0 Å². The number of hydrogen-bond donors (Lipinski definition) is 3. The molecule has 1 fully saturated rings. The van der Waals surface area contributed by atoms with Crippen molar-refractivity contribution < 1.29 is 4.79 Å². The van der Waals surface area contributed by atoms with E-state index in [0.717, 1.165) is 59.6 Å². The topological polar surface area (TPSA) is 85.9 Å². The standard InChI is InChI=1S/C25H26N6O/c32-23(15-27-20-9-4-8-19(14-20)18-6-2-1-3-7-18)30-21-10-5-13-31(16-21)25-22-11-12-26-24(22)28-17-29-25/h1-4,6-9,11-12,14,17,21,27H,5,10,13,15-16H2,(H,30,32)(H,26,28,29). The van der Waals surface area contributed by atoms with Crippen LogP contribution in [0.5, 0.6) is 0 Å². The lowest BCUT2D eigenvalue weighted by Gasteiger charge is -2.34. The number of nitrogens with zero attached hydrogens (tertiary/aromatic N) is 3. The molecule has 7 nitrogen and oxygen atoms in total. The fourth-order valence-electron chi connectivity index (χ4n) is 4.30. The molecule has 1 amide bonds. The van der Waals surface area contributed by atoms with E-state index >= 15 is 0 Å². The number of hydrogen-bond acceptors (Lipinski definition) is 5. The molecule has 3 N–H and O–H groups in total. The molecule has 4 aromatic rings. The smallest absolute Gasteiger partial charge is 0.239 e. The molecule has 2 aromatic heterocycles. The molecule has 0 saturated carbocycles. The summed E-state index contributed by atoms with van der Waals surface area (Å²) in [5, 5.41) is 7.45. The van der Waals surface area contributed by atoms with Crippen molar-refractivity contribution in [3.05, 3.63) is 73.2 Å². The third-order valence-corrected chi connectivity index (χ3v) is 5.84. The monoisotopic (exact) mass is 426 g/mol. The van der Waals surface area contributed by atoms with Crippen LogP contribution in [0.1, 0.15) is 12.8 Å².